The zero-order valence-electron chi connectivity index (χ0n) is 24.8. The second-order valence-corrected chi connectivity index (χ2v) is 13.9. The van der Waals surface area contributed by atoms with Crippen LogP contribution in [0.2, 0.25) is 6.04 Å². The molecule has 0 aliphatic rings. The minimum Gasteiger partial charge on any atom is -1.00 e. The van der Waals surface area contributed by atoms with E-state index in [1.54, 1.807) is 21.3 Å². The molecule has 6 heteroatoms. The predicted octanol–water partition coefficient (Wildman–Crippen LogP) is 5.77. The molecule has 0 saturated carbocycles. The Balaban J connectivity index is 0. The Hall–Kier alpha value is 0.347. The van der Waals surface area contributed by atoms with Gasteiger partial charge in [0.15, 0.2) is 0 Å². The van der Waals surface area contributed by atoms with Gasteiger partial charge in [0.1, 0.15) is 0 Å². The van der Waals surface area contributed by atoms with Crippen LogP contribution in [0.4, 0.5) is 0 Å². The number of hydrogen-bond donors (Lipinski definition) is 0. The number of rotatable bonds is 27. The molecular weight excluding hydrogens is 474 g/mol. The Labute approximate surface area is 228 Å². The second kappa shape index (κ2) is 26.0. The molecule has 0 N–H and O–H groups in total. The molecule has 4 nitrogen and oxygen atoms in total. The zero-order valence-corrected chi connectivity index (χ0v) is 26.6. The van der Waals surface area contributed by atoms with E-state index in [1.165, 1.54) is 140 Å². The van der Waals surface area contributed by atoms with Crippen molar-refractivity contribution in [3.63, 3.8) is 0 Å². The van der Waals surface area contributed by atoms with E-state index in [4.69, 9.17) is 13.3 Å². The van der Waals surface area contributed by atoms with Crippen molar-refractivity contribution in [3.8, 4) is 0 Å². The summed E-state index contributed by atoms with van der Waals surface area (Å²) in [6.07, 6.45) is 26.4. The van der Waals surface area contributed by atoms with Gasteiger partial charge < -0.3 is 30.2 Å². The molecule has 0 amide bonds. The van der Waals surface area contributed by atoms with E-state index in [0.717, 1.165) is 12.5 Å². The Bertz CT molecular complexity index is 394. The first-order chi connectivity index (χ1) is 16.5. The zero-order chi connectivity index (χ0) is 25.4. The van der Waals surface area contributed by atoms with Crippen LogP contribution in [0.15, 0.2) is 0 Å². The lowest BCUT2D eigenvalue weighted by molar-refractivity contribution is -0.910. The van der Waals surface area contributed by atoms with Gasteiger partial charge in [-0.25, -0.2) is 0 Å². The highest BCUT2D eigenvalue weighted by Crippen LogP contribution is 2.20. The Kier molecular flexibility index (Phi) is 27.8. The van der Waals surface area contributed by atoms with Gasteiger partial charge in [-0.3, -0.25) is 0 Å². The molecule has 0 aliphatic heterocycles. The summed E-state index contributed by atoms with van der Waals surface area (Å²) in [5.74, 6) is 0. The van der Waals surface area contributed by atoms with Gasteiger partial charge in [-0.15, -0.1) is 0 Å². The standard InChI is InChI=1S/C29H64NO3Si.ClH/c1-7-9-11-13-15-17-19-21-23-26-30(3,28-25-29-34(31-4,32-5)33-6)27-24-22-20-18-16-14-12-10-8-2;/h7-29H2,1-6H3;1H/q+1;/p-1. The molecule has 214 valence electrons. The van der Waals surface area contributed by atoms with Crippen molar-refractivity contribution in [3.05, 3.63) is 0 Å². The molecule has 0 unspecified atom stereocenters. The van der Waals surface area contributed by atoms with Gasteiger partial charge in [0.05, 0.1) is 26.7 Å². The first kappa shape index (κ1) is 37.5. The Morgan fingerprint density at radius 2 is 0.743 bits per heavy atom. The summed E-state index contributed by atoms with van der Waals surface area (Å²) < 4.78 is 18.2. The quantitative estimate of drug-likeness (QED) is 0.0756. The second-order valence-electron chi connectivity index (χ2n) is 10.8. The topological polar surface area (TPSA) is 27.7 Å². The maximum atomic E-state index is 5.66. The van der Waals surface area contributed by atoms with Gasteiger partial charge in [-0.05, 0) is 25.7 Å². The lowest BCUT2D eigenvalue weighted by Crippen LogP contribution is -3.00. The monoisotopic (exact) mass is 537 g/mol. The van der Waals surface area contributed by atoms with E-state index >= 15 is 0 Å². The SMILES string of the molecule is CCCCCCCCCCC[N+](C)(CCCCCCCCCCC)CCC[Si](OC)(OC)OC.[Cl-]. The maximum absolute atomic E-state index is 5.66. The lowest BCUT2D eigenvalue weighted by Gasteiger charge is -2.36. The normalized spacial score (nSPS) is 12.2. The molecule has 0 bridgehead atoms. The van der Waals surface area contributed by atoms with Crippen molar-refractivity contribution in [1.29, 1.82) is 0 Å². The average Bonchev–Trinajstić information content (AvgIpc) is 2.85. The van der Waals surface area contributed by atoms with Crippen molar-refractivity contribution in [2.24, 2.45) is 0 Å². The summed E-state index contributed by atoms with van der Waals surface area (Å²) in [5.41, 5.74) is 0. The van der Waals surface area contributed by atoms with Gasteiger partial charge in [0, 0.05) is 33.8 Å². The largest absolute Gasteiger partial charge is 1.00 e. The van der Waals surface area contributed by atoms with Crippen molar-refractivity contribution in [2.75, 3.05) is 48.0 Å². The minimum absolute atomic E-state index is 0. The smallest absolute Gasteiger partial charge is 0.500 e. The van der Waals surface area contributed by atoms with Crippen LogP contribution in [0.3, 0.4) is 0 Å². The molecule has 0 radical (unpaired) electrons. The first-order valence-corrected chi connectivity index (χ1v) is 16.9. The number of unbranched alkanes of at least 4 members (excludes halogenated alkanes) is 16. The van der Waals surface area contributed by atoms with Gasteiger partial charge in [-0.1, -0.05) is 104 Å². The van der Waals surface area contributed by atoms with Crippen LogP contribution in [0.1, 0.15) is 136 Å². The maximum Gasteiger partial charge on any atom is 0.500 e. The summed E-state index contributed by atoms with van der Waals surface area (Å²) in [7, 11) is 5.24. The number of hydrogen-bond acceptors (Lipinski definition) is 3. The van der Waals surface area contributed by atoms with Crippen molar-refractivity contribution < 1.29 is 30.2 Å². The van der Waals surface area contributed by atoms with Crippen molar-refractivity contribution in [1.82, 2.24) is 0 Å². The van der Waals surface area contributed by atoms with Crippen LogP contribution in [0, 0.1) is 0 Å². The van der Waals surface area contributed by atoms with Gasteiger partial charge >= 0.3 is 8.80 Å². The van der Waals surface area contributed by atoms with E-state index in [2.05, 4.69) is 20.9 Å². The highest BCUT2D eigenvalue weighted by Gasteiger charge is 2.38. The van der Waals surface area contributed by atoms with Crippen molar-refractivity contribution >= 4 is 8.80 Å². The fourth-order valence-electron chi connectivity index (χ4n) is 5.18. The van der Waals surface area contributed by atoms with E-state index in [9.17, 15) is 0 Å². The number of nitrogens with zero attached hydrogens (tertiary/aromatic N) is 1. The van der Waals surface area contributed by atoms with Gasteiger partial charge in [-0.2, -0.15) is 0 Å². The molecule has 0 aliphatic carbocycles. The first-order valence-electron chi connectivity index (χ1n) is 15.0. The van der Waals surface area contributed by atoms with E-state index in [1.807, 2.05) is 0 Å². The molecular formula is C29H64ClNO3Si. The fourth-order valence-corrected chi connectivity index (χ4v) is 6.88. The van der Waals surface area contributed by atoms with Crippen LogP contribution in [0.25, 0.3) is 0 Å². The van der Waals surface area contributed by atoms with Gasteiger partial charge in [0.2, 0.25) is 0 Å². The van der Waals surface area contributed by atoms with Crippen LogP contribution < -0.4 is 12.4 Å². The third kappa shape index (κ3) is 21.0. The summed E-state index contributed by atoms with van der Waals surface area (Å²) in [6, 6.07) is 0.917. The van der Waals surface area contributed by atoms with Crippen LogP contribution in [0.5, 0.6) is 0 Å². The van der Waals surface area contributed by atoms with E-state index in [-0.39, 0.29) is 12.4 Å². The number of halogens is 1. The third-order valence-electron chi connectivity index (χ3n) is 7.72. The average molecular weight is 538 g/mol. The van der Waals surface area contributed by atoms with Crippen LogP contribution in [-0.4, -0.2) is 61.3 Å². The van der Waals surface area contributed by atoms with Crippen molar-refractivity contribution in [2.45, 2.75) is 142 Å². The highest BCUT2D eigenvalue weighted by molar-refractivity contribution is 6.60. The third-order valence-corrected chi connectivity index (χ3v) is 10.5. The predicted molar refractivity (Wildman–Crippen MR) is 151 cm³/mol. The molecule has 0 spiro atoms. The summed E-state index contributed by atoms with van der Waals surface area (Å²) in [4.78, 5) is 0. The lowest BCUT2D eigenvalue weighted by atomic mass is 10.1. The molecule has 0 atom stereocenters. The van der Waals surface area contributed by atoms with E-state index in [0.29, 0.717) is 0 Å². The summed E-state index contributed by atoms with van der Waals surface area (Å²) >= 11 is 0. The fraction of sp³-hybridized carbons (Fsp3) is 1.00. The highest BCUT2D eigenvalue weighted by atomic mass is 35.5. The molecule has 0 saturated heterocycles. The molecule has 0 heterocycles. The van der Waals surface area contributed by atoms with E-state index < -0.39 is 8.80 Å². The van der Waals surface area contributed by atoms with Gasteiger partial charge in [0.25, 0.3) is 0 Å². The molecule has 35 heavy (non-hydrogen) atoms. The van der Waals surface area contributed by atoms with Crippen LogP contribution >= 0.6 is 0 Å². The summed E-state index contributed by atoms with van der Waals surface area (Å²) in [6.45, 7) is 8.43. The molecule has 0 rings (SSSR count). The molecule has 0 fully saturated rings. The molecule has 0 aromatic heterocycles. The minimum atomic E-state index is -2.45. The molecule has 0 aromatic rings. The molecule has 0 aromatic carbocycles. The Morgan fingerprint density at radius 3 is 1.06 bits per heavy atom. The number of quaternary nitrogens is 1. The Morgan fingerprint density at radius 1 is 0.457 bits per heavy atom. The summed E-state index contributed by atoms with van der Waals surface area (Å²) in [5, 5.41) is 0. The van der Waals surface area contributed by atoms with Crippen LogP contribution in [-0.2, 0) is 13.3 Å².